The number of rotatable bonds is 6. The summed E-state index contributed by atoms with van der Waals surface area (Å²) in [5.74, 6) is -1.74. The second kappa shape index (κ2) is 8.16. The Morgan fingerprint density at radius 2 is 1.78 bits per heavy atom. The fourth-order valence-corrected chi connectivity index (χ4v) is 3.75. The number of ether oxygens (including phenoxy) is 1. The number of nitrogens with two attached hydrogens (primary N) is 1. The third-order valence-electron chi connectivity index (χ3n) is 3.56. The number of nitrogens with one attached hydrogen (secondary N) is 1. The first-order chi connectivity index (χ1) is 12.5. The van der Waals surface area contributed by atoms with Crippen LogP contribution in [0, 0.1) is 6.92 Å². The molecule has 0 aliphatic heterocycles. The Morgan fingerprint density at radius 3 is 2.37 bits per heavy atom. The Labute approximate surface area is 166 Å². The zero-order valence-corrected chi connectivity index (χ0v) is 16.7. The number of aryl methyl sites for hydroxylation is 1. The summed E-state index contributed by atoms with van der Waals surface area (Å²) in [7, 11) is -4.11. The summed E-state index contributed by atoms with van der Waals surface area (Å²) in [4.78, 5) is 22.8. The molecule has 0 fully saturated rings. The highest BCUT2D eigenvalue weighted by molar-refractivity contribution is 7.92. The molecule has 1 unspecified atom stereocenters. The summed E-state index contributed by atoms with van der Waals surface area (Å²) in [5.41, 5.74) is 5.95. The number of esters is 1. The van der Waals surface area contributed by atoms with Crippen LogP contribution < -0.4 is 10.5 Å². The lowest BCUT2D eigenvalue weighted by atomic mass is 10.2. The molecule has 27 heavy (non-hydrogen) atoms. The van der Waals surface area contributed by atoms with Crippen molar-refractivity contribution >= 4 is 50.8 Å². The number of benzene rings is 2. The number of halogens is 2. The summed E-state index contributed by atoms with van der Waals surface area (Å²) in [6, 6.07) is 8.22. The Kier molecular flexibility index (Phi) is 6.35. The van der Waals surface area contributed by atoms with E-state index in [-0.39, 0.29) is 21.2 Å². The van der Waals surface area contributed by atoms with Gasteiger partial charge in [0.15, 0.2) is 6.10 Å². The maximum absolute atomic E-state index is 12.7. The summed E-state index contributed by atoms with van der Waals surface area (Å²) in [6.07, 6.45) is -1.17. The van der Waals surface area contributed by atoms with Gasteiger partial charge in [-0.15, -0.1) is 0 Å². The molecule has 0 saturated carbocycles. The molecule has 7 nitrogen and oxygen atoms in total. The predicted octanol–water partition coefficient (Wildman–Crippen LogP) is 3.13. The lowest BCUT2D eigenvalue weighted by Gasteiger charge is -2.13. The van der Waals surface area contributed by atoms with Crippen molar-refractivity contribution in [3.8, 4) is 0 Å². The number of hydrogen-bond acceptors (Lipinski definition) is 5. The average molecular weight is 431 g/mol. The zero-order valence-electron chi connectivity index (χ0n) is 14.3. The van der Waals surface area contributed by atoms with Gasteiger partial charge >= 0.3 is 5.97 Å². The van der Waals surface area contributed by atoms with Crippen LogP contribution in [0.3, 0.4) is 0 Å². The Bertz CT molecular complexity index is 1010. The van der Waals surface area contributed by atoms with Crippen molar-refractivity contribution in [3.05, 3.63) is 57.6 Å². The molecule has 0 saturated heterocycles. The third kappa shape index (κ3) is 5.12. The standard InChI is InChI=1S/C17H16Cl2N2O5S/c1-9-3-5-12(8-14(9)19)21-27(24,25)15-7-11(4-6-13(15)18)17(23)26-10(2)16(20)22/h3-8,10,21H,1-2H3,(H2,20,22). The molecule has 0 aliphatic rings. The van der Waals surface area contributed by atoms with Gasteiger partial charge in [0.1, 0.15) is 4.90 Å². The number of hydrogen-bond donors (Lipinski definition) is 2. The van der Waals surface area contributed by atoms with Gasteiger partial charge in [0, 0.05) is 5.02 Å². The summed E-state index contributed by atoms with van der Waals surface area (Å²) in [6.45, 7) is 3.08. The van der Waals surface area contributed by atoms with E-state index in [0.717, 1.165) is 11.6 Å². The van der Waals surface area contributed by atoms with Gasteiger partial charge in [0.05, 0.1) is 16.3 Å². The monoisotopic (exact) mass is 430 g/mol. The first-order valence-electron chi connectivity index (χ1n) is 7.60. The lowest BCUT2D eigenvalue weighted by molar-refractivity contribution is -0.125. The van der Waals surface area contributed by atoms with E-state index >= 15 is 0 Å². The van der Waals surface area contributed by atoms with Crippen molar-refractivity contribution in [1.29, 1.82) is 0 Å². The van der Waals surface area contributed by atoms with E-state index in [1.54, 1.807) is 19.1 Å². The van der Waals surface area contributed by atoms with Crippen LogP contribution in [0.25, 0.3) is 0 Å². The van der Waals surface area contributed by atoms with Crippen molar-refractivity contribution in [3.63, 3.8) is 0 Å². The first kappa shape index (κ1) is 21.0. The summed E-state index contributed by atoms with van der Waals surface area (Å²) >= 11 is 12.0. The molecule has 3 N–H and O–H groups in total. The number of primary amides is 1. The maximum atomic E-state index is 12.7. The Morgan fingerprint density at radius 1 is 1.11 bits per heavy atom. The van der Waals surface area contributed by atoms with Crippen LogP contribution >= 0.6 is 23.2 Å². The van der Waals surface area contributed by atoms with Gasteiger partial charge in [-0.05, 0) is 49.7 Å². The zero-order chi connectivity index (χ0) is 20.4. The van der Waals surface area contributed by atoms with Crippen LogP contribution in [-0.2, 0) is 19.6 Å². The summed E-state index contributed by atoms with van der Waals surface area (Å²) in [5, 5.41) is 0.291. The van der Waals surface area contributed by atoms with E-state index in [0.29, 0.717) is 5.02 Å². The minimum Gasteiger partial charge on any atom is -0.449 e. The number of amides is 1. The maximum Gasteiger partial charge on any atom is 0.338 e. The number of carbonyl (C=O) groups is 2. The number of anilines is 1. The minimum absolute atomic E-state index is 0.0970. The molecule has 2 rings (SSSR count). The van der Waals surface area contributed by atoms with Crippen molar-refractivity contribution in [1.82, 2.24) is 0 Å². The highest BCUT2D eigenvalue weighted by Crippen LogP contribution is 2.27. The SMILES string of the molecule is Cc1ccc(NS(=O)(=O)c2cc(C(=O)OC(C)C(N)=O)ccc2Cl)cc1Cl. The molecule has 0 radical (unpaired) electrons. The molecule has 2 aromatic carbocycles. The molecular weight excluding hydrogens is 415 g/mol. The van der Waals surface area contributed by atoms with Gasteiger partial charge in [0.25, 0.3) is 15.9 Å². The van der Waals surface area contributed by atoms with Crippen molar-refractivity contribution in [2.75, 3.05) is 4.72 Å². The predicted molar refractivity (Wildman–Crippen MR) is 103 cm³/mol. The molecule has 0 bridgehead atoms. The van der Waals surface area contributed by atoms with Gasteiger partial charge in [-0.3, -0.25) is 9.52 Å². The molecule has 0 heterocycles. The van der Waals surface area contributed by atoms with Crippen LogP contribution in [0.15, 0.2) is 41.3 Å². The van der Waals surface area contributed by atoms with E-state index in [2.05, 4.69) is 4.72 Å². The third-order valence-corrected chi connectivity index (χ3v) is 5.84. The van der Waals surface area contributed by atoms with Gasteiger partial charge in [-0.2, -0.15) is 0 Å². The molecule has 144 valence electrons. The van der Waals surface area contributed by atoms with Crippen molar-refractivity contribution < 1.29 is 22.7 Å². The minimum atomic E-state index is -4.11. The fourth-order valence-electron chi connectivity index (χ4n) is 1.99. The van der Waals surface area contributed by atoms with E-state index < -0.39 is 28.0 Å². The van der Waals surface area contributed by atoms with E-state index in [1.165, 1.54) is 25.1 Å². The quantitative estimate of drug-likeness (QED) is 0.682. The Balaban J connectivity index is 2.34. The highest BCUT2D eigenvalue weighted by Gasteiger charge is 2.23. The normalized spacial score (nSPS) is 12.3. The van der Waals surface area contributed by atoms with Crippen LogP contribution in [0.1, 0.15) is 22.8 Å². The highest BCUT2D eigenvalue weighted by atomic mass is 35.5. The van der Waals surface area contributed by atoms with E-state index in [4.69, 9.17) is 33.7 Å². The fraction of sp³-hybridized carbons (Fsp3) is 0.176. The second-order valence-corrected chi connectivity index (χ2v) is 8.13. The number of carbonyl (C=O) groups excluding carboxylic acids is 2. The van der Waals surface area contributed by atoms with Crippen molar-refractivity contribution in [2.24, 2.45) is 5.73 Å². The lowest BCUT2D eigenvalue weighted by Crippen LogP contribution is -2.30. The van der Waals surface area contributed by atoms with Gasteiger partial charge in [-0.25, -0.2) is 13.2 Å². The van der Waals surface area contributed by atoms with Crippen molar-refractivity contribution in [2.45, 2.75) is 24.8 Å². The van der Waals surface area contributed by atoms with Crippen LogP contribution in [-0.4, -0.2) is 26.4 Å². The summed E-state index contributed by atoms with van der Waals surface area (Å²) < 4.78 is 32.5. The van der Waals surface area contributed by atoms with Crippen LogP contribution in [0.5, 0.6) is 0 Å². The van der Waals surface area contributed by atoms with E-state index in [9.17, 15) is 18.0 Å². The Hall–Kier alpha value is -2.29. The number of sulfonamides is 1. The van der Waals surface area contributed by atoms with Crippen LogP contribution in [0.4, 0.5) is 5.69 Å². The van der Waals surface area contributed by atoms with E-state index in [1.807, 2.05) is 0 Å². The average Bonchev–Trinajstić information content (AvgIpc) is 2.57. The largest absolute Gasteiger partial charge is 0.449 e. The topological polar surface area (TPSA) is 116 Å². The molecule has 10 heteroatoms. The molecule has 0 spiro atoms. The van der Waals surface area contributed by atoms with Crippen LogP contribution in [0.2, 0.25) is 10.0 Å². The molecule has 2 aromatic rings. The molecular formula is C17H16Cl2N2O5S. The smallest absolute Gasteiger partial charge is 0.338 e. The first-order valence-corrected chi connectivity index (χ1v) is 9.84. The second-order valence-electron chi connectivity index (χ2n) is 5.66. The molecule has 1 amide bonds. The van der Waals surface area contributed by atoms with Gasteiger partial charge in [-0.1, -0.05) is 29.3 Å². The molecule has 1 atom stereocenters. The molecule has 0 aliphatic carbocycles. The van der Waals surface area contributed by atoms with Gasteiger partial charge in [0.2, 0.25) is 0 Å². The molecule has 0 aromatic heterocycles. The van der Waals surface area contributed by atoms with Gasteiger partial charge < -0.3 is 10.5 Å².